The van der Waals surface area contributed by atoms with Gasteiger partial charge in [0.2, 0.25) is 0 Å². The van der Waals surface area contributed by atoms with Crippen LogP contribution in [-0.4, -0.2) is 6.61 Å². The van der Waals surface area contributed by atoms with Crippen LogP contribution in [0.1, 0.15) is 51.9 Å². The lowest BCUT2D eigenvalue weighted by molar-refractivity contribution is 0.304. The van der Waals surface area contributed by atoms with Crippen molar-refractivity contribution in [3.05, 3.63) is 23.2 Å². The Morgan fingerprint density at radius 3 is 2.39 bits per heavy atom. The Morgan fingerprint density at radius 2 is 1.72 bits per heavy atom. The van der Waals surface area contributed by atoms with Gasteiger partial charge in [-0.3, -0.25) is 0 Å². The molecule has 0 bridgehead atoms. The highest BCUT2D eigenvalue weighted by Gasteiger charge is 1.99. The minimum atomic E-state index is 0.562. The molecular formula is C15H24ClNO. The summed E-state index contributed by atoms with van der Waals surface area (Å²) in [4.78, 5) is 0. The van der Waals surface area contributed by atoms with E-state index >= 15 is 0 Å². The summed E-state index contributed by atoms with van der Waals surface area (Å²) < 4.78 is 5.63. The van der Waals surface area contributed by atoms with Gasteiger partial charge in [0, 0.05) is 6.07 Å². The molecule has 1 aromatic rings. The van der Waals surface area contributed by atoms with Crippen LogP contribution >= 0.6 is 11.6 Å². The largest absolute Gasteiger partial charge is 0.494 e. The predicted octanol–water partition coefficient (Wildman–Crippen LogP) is 5.05. The van der Waals surface area contributed by atoms with Crippen molar-refractivity contribution >= 4 is 17.3 Å². The molecule has 2 nitrogen and oxygen atoms in total. The average Bonchev–Trinajstić information content (AvgIpc) is 2.37. The Kier molecular flexibility index (Phi) is 7.66. The first-order valence-electron chi connectivity index (χ1n) is 6.92. The summed E-state index contributed by atoms with van der Waals surface area (Å²) in [6.45, 7) is 3.00. The number of unbranched alkanes of at least 4 members (excludes halogenated alkanes) is 6. The Bertz CT molecular complexity index is 341. The molecule has 0 aliphatic rings. The molecule has 0 radical (unpaired) electrons. The van der Waals surface area contributed by atoms with Gasteiger partial charge in [0.15, 0.2) is 0 Å². The summed E-state index contributed by atoms with van der Waals surface area (Å²) >= 11 is 5.92. The van der Waals surface area contributed by atoms with E-state index in [4.69, 9.17) is 22.1 Å². The van der Waals surface area contributed by atoms with E-state index in [0.29, 0.717) is 10.7 Å². The van der Waals surface area contributed by atoms with E-state index in [2.05, 4.69) is 6.92 Å². The van der Waals surface area contributed by atoms with Crippen molar-refractivity contribution in [2.24, 2.45) is 0 Å². The van der Waals surface area contributed by atoms with Crippen LogP contribution in [-0.2, 0) is 0 Å². The lowest BCUT2D eigenvalue weighted by Gasteiger charge is -2.07. The molecule has 0 aliphatic heterocycles. The van der Waals surface area contributed by atoms with Crippen LogP contribution in [0.2, 0.25) is 5.02 Å². The van der Waals surface area contributed by atoms with Gasteiger partial charge in [-0.1, -0.05) is 57.0 Å². The van der Waals surface area contributed by atoms with E-state index in [0.717, 1.165) is 18.8 Å². The summed E-state index contributed by atoms with van der Waals surface area (Å²) in [5, 5.41) is 0.562. The fourth-order valence-corrected chi connectivity index (χ4v) is 2.02. The lowest BCUT2D eigenvalue weighted by Crippen LogP contribution is -1.98. The summed E-state index contributed by atoms with van der Waals surface area (Å²) in [6, 6.07) is 5.42. The molecule has 18 heavy (non-hydrogen) atoms. The molecule has 0 heterocycles. The van der Waals surface area contributed by atoms with Gasteiger partial charge in [-0.05, 0) is 18.6 Å². The molecule has 0 atom stereocenters. The van der Waals surface area contributed by atoms with Gasteiger partial charge >= 0.3 is 0 Å². The Balaban J connectivity index is 2.05. The Hall–Kier alpha value is -0.890. The maximum absolute atomic E-state index is 5.92. The Labute approximate surface area is 115 Å². The molecule has 1 rings (SSSR count). The van der Waals surface area contributed by atoms with Crippen molar-refractivity contribution in [3.63, 3.8) is 0 Å². The normalized spacial score (nSPS) is 10.6. The highest BCUT2D eigenvalue weighted by Crippen LogP contribution is 2.24. The highest BCUT2D eigenvalue weighted by atomic mass is 35.5. The van der Waals surface area contributed by atoms with E-state index in [-0.39, 0.29) is 0 Å². The average molecular weight is 270 g/mol. The van der Waals surface area contributed by atoms with Crippen molar-refractivity contribution in [3.8, 4) is 5.75 Å². The van der Waals surface area contributed by atoms with Gasteiger partial charge in [0.25, 0.3) is 0 Å². The smallest absolute Gasteiger partial charge is 0.120 e. The van der Waals surface area contributed by atoms with E-state index in [1.165, 1.54) is 38.5 Å². The third kappa shape index (κ3) is 6.15. The zero-order valence-electron chi connectivity index (χ0n) is 11.3. The third-order valence-corrected chi connectivity index (χ3v) is 3.32. The minimum absolute atomic E-state index is 0.562. The van der Waals surface area contributed by atoms with Crippen molar-refractivity contribution in [2.75, 3.05) is 12.3 Å². The number of hydrogen-bond acceptors (Lipinski definition) is 2. The second-order valence-electron chi connectivity index (χ2n) is 4.65. The zero-order chi connectivity index (χ0) is 13.2. The monoisotopic (exact) mass is 269 g/mol. The second kappa shape index (κ2) is 9.09. The summed E-state index contributed by atoms with van der Waals surface area (Å²) in [5.41, 5.74) is 6.23. The van der Waals surface area contributed by atoms with Crippen LogP contribution < -0.4 is 10.5 Å². The van der Waals surface area contributed by atoms with Gasteiger partial charge in [-0.15, -0.1) is 0 Å². The van der Waals surface area contributed by atoms with Gasteiger partial charge < -0.3 is 10.5 Å². The van der Waals surface area contributed by atoms with Gasteiger partial charge in [-0.2, -0.15) is 0 Å². The van der Waals surface area contributed by atoms with Crippen LogP contribution in [0.25, 0.3) is 0 Å². The van der Waals surface area contributed by atoms with E-state index in [1.807, 2.05) is 6.07 Å². The van der Waals surface area contributed by atoms with Crippen LogP contribution in [0.5, 0.6) is 5.75 Å². The molecule has 0 amide bonds. The van der Waals surface area contributed by atoms with Gasteiger partial charge in [0.1, 0.15) is 5.75 Å². The minimum Gasteiger partial charge on any atom is -0.494 e. The van der Waals surface area contributed by atoms with E-state index in [1.54, 1.807) is 12.1 Å². The Morgan fingerprint density at radius 1 is 1.06 bits per heavy atom. The summed E-state index contributed by atoms with van der Waals surface area (Å²) in [7, 11) is 0. The quantitative estimate of drug-likeness (QED) is 0.503. The highest BCUT2D eigenvalue weighted by molar-refractivity contribution is 6.33. The fraction of sp³-hybridized carbons (Fsp3) is 0.600. The molecule has 0 saturated carbocycles. The summed E-state index contributed by atoms with van der Waals surface area (Å²) in [6.07, 6.45) is 9.04. The van der Waals surface area contributed by atoms with E-state index < -0.39 is 0 Å². The number of anilines is 1. The van der Waals surface area contributed by atoms with Crippen LogP contribution in [0.3, 0.4) is 0 Å². The summed E-state index contributed by atoms with van der Waals surface area (Å²) in [5.74, 6) is 0.806. The maximum Gasteiger partial charge on any atom is 0.120 e. The second-order valence-corrected chi connectivity index (χ2v) is 5.06. The number of hydrogen-bond donors (Lipinski definition) is 1. The molecule has 0 unspecified atom stereocenters. The standard InChI is InChI=1S/C15H24ClNO/c1-2-3-4-5-6-7-8-11-18-13-9-10-15(17)14(16)12-13/h9-10,12H,2-8,11,17H2,1H3. The predicted molar refractivity (Wildman–Crippen MR) is 79.4 cm³/mol. The SMILES string of the molecule is CCCCCCCCCOc1ccc(N)c(Cl)c1. The van der Waals surface area contributed by atoms with Crippen molar-refractivity contribution in [1.82, 2.24) is 0 Å². The first-order chi connectivity index (χ1) is 8.74. The number of benzene rings is 1. The van der Waals surface area contributed by atoms with Crippen LogP contribution in [0.15, 0.2) is 18.2 Å². The molecule has 0 spiro atoms. The van der Waals surface area contributed by atoms with Crippen molar-refractivity contribution < 1.29 is 4.74 Å². The number of ether oxygens (including phenoxy) is 1. The van der Waals surface area contributed by atoms with Crippen LogP contribution in [0, 0.1) is 0 Å². The molecule has 102 valence electrons. The number of nitrogens with two attached hydrogens (primary N) is 1. The maximum atomic E-state index is 5.92. The van der Waals surface area contributed by atoms with Crippen LogP contribution in [0.4, 0.5) is 5.69 Å². The number of halogens is 1. The van der Waals surface area contributed by atoms with Crippen molar-refractivity contribution in [2.45, 2.75) is 51.9 Å². The molecule has 0 aromatic heterocycles. The number of rotatable bonds is 9. The first-order valence-corrected chi connectivity index (χ1v) is 7.29. The molecule has 0 aliphatic carbocycles. The molecule has 0 saturated heterocycles. The molecule has 0 fully saturated rings. The zero-order valence-corrected chi connectivity index (χ0v) is 12.0. The van der Waals surface area contributed by atoms with E-state index in [9.17, 15) is 0 Å². The van der Waals surface area contributed by atoms with Crippen molar-refractivity contribution in [1.29, 1.82) is 0 Å². The molecule has 2 N–H and O–H groups in total. The topological polar surface area (TPSA) is 35.2 Å². The fourth-order valence-electron chi connectivity index (χ4n) is 1.85. The number of nitrogen functional groups attached to an aromatic ring is 1. The third-order valence-electron chi connectivity index (χ3n) is 2.99. The van der Waals surface area contributed by atoms with Gasteiger partial charge in [0.05, 0.1) is 17.3 Å². The first kappa shape index (κ1) is 15.2. The molecular weight excluding hydrogens is 246 g/mol. The molecule has 1 aromatic carbocycles. The molecule has 3 heteroatoms. The van der Waals surface area contributed by atoms with Gasteiger partial charge in [-0.25, -0.2) is 0 Å². The lowest BCUT2D eigenvalue weighted by atomic mass is 10.1.